The van der Waals surface area contributed by atoms with Gasteiger partial charge in [-0.15, -0.1) is 0 Å². The van der Waals surface area contributed by atoms with Gasteiger partial charge in [0.2, 0.25) is 0 Å². The van der Waals surface area contributed by atoms with Crippen LogP contribution in [0.5, 0.6) is 0 Å². The maximum absolute atomic E-state index is 11.8. The smallest absolute Gasteiger partial charge is 0.351 e. The highest BCUT2D eigenvalue weighted by Crippen LogP contribution is 2.36. The maximum atomic E-state index is 11.8. The fourth-order valence-electron chi connectivity index (χ4n) is 2.32. The van der Waals surface area contributed by atoms with E-state index in [0.717, 1.165) is 4.57 Å². The van der Waals surface area contributed by atoms with E-state index in [1.54, 1.807) is 7.05 Å². The van der Waals surface area contributed by atoms with Crippen LogP contribution >= 0.6 is 0 Å². The minimum absolute atomic E-state index is 0.0444. The second kappa shape index (κ2) is 5.46. The molecular weight excluding hydrogens is 268 g/mol. The highest BCUT2D eigenvalue weighted by molar-refractivity contribution is 5.23. The van der Waals surface area contributed by atoms with Gasteiger partial charge < -0.3 is 31.1 Å². The van der Waals surface area contributed by atoms with Crippen molar-refractivity contribution in [2.24, 2.45) is 0 Å². The molecule has 0 radical (unpaired) electrons. The third-order valence-electron chi connectivity index (χ3n) is 3.38. The molecule has 1 fully saturated rings. The van der Waals surface area contributed by atoms with Crippen LogP contribution in [-0.4, -0.2) is 62.9 Å². The summed E-state index contributed by atoms with van der Waals surface area (Å²) in [5.74, 6) is 0.0444. The van der Waals surface area contributed by atoms with Gasteiger partial charge in [-0.3, -0.25) is 4.57 Å². The fourth-order valence-corrected chi connectivity index (χ4v) is 2.32. The molecule has 0 bridgehead atoms. The Balaban J connectivity index is 2.37. The van der Waals surface area contributed by atoms with Gasteiger partial charge in [-0.05, 0) is 13.1 Å². The molecule has 0 aromatic carbocycles. The molecule has 2 heterocycles. The second-order valence-corrected chi connectivity index (χ2v) is 4.74. The number of nitrogens with one attached hydrogen (secondary N) is 1. The standard InChI is InChI=1S/C11H18N4O5/c1-13-4-11(5-16)8(18)7(17)9(20-11)15-3-2-6(12)14-10(15)19/h2-3,7-9,13,16-18H,4-5H2,1H3,(H2,12,14,19). The largest absolute Gasteiger partial charge is 0.393 e. The normalized spacial score (nSPS) is 33.5. The van der Waals surface area contributed by atoms with Gasteiger partial charge in [-0.2, -0.15) is 4.98 Å². The third kappa shape index (κ3) is 2.30. The predicted molar refractivity (Wildman–Crippen MR) is 68.8 cm³/mol. The summed E-state index contributed by atoms with van der Waals surface area (Å²) >= 11 is 0. The zero-order valence-corrected chi connectivity index (χ0v) is 10.9. The van der Waals surface area contributed by atoms with Crippen LogP contribution < -0.4 is 16.7 Å². The Kier molecular flexibility index (Phi) is 4.06. The van der Waals surface area contributed by atoms with E-state index in [0.29, 0.717) is 0 Å². The summed E-state index contributed by atoms with van der Waals surface area (Å²) in [6, 6.07) is 1.38. The Hall–Kier alpha value is -1.52. The maximum Gasteiger partial charge on any atom is 0.351 e. The molecular formula is C11H18N4O5. The monoisotopic (exact) mass is 286 g/mol. The van der Waals surface area contributed by atoms with Crippen molar-refractivity contribution in [3.63, 3.8) is 0 Å². The number of aliphatic hydroxyl groups excluding tert-OH is 3. The number of aromatic nitrogens is 2. The van der Waals surface area contributed by atoms with Gasteiger partial charge in [0.15, 0.2) is 6.23 Å². The quantitative estimate of drug-likeness (QED) is 0.395. The first-order valence-electron chi connectivity index (χ1n) is 6.09. The number of nitrogens with zero attached hydrogens (tertiary/aromatic N) is 2. The average molecular weight is 286 g/mol. The minimum Gasteiger partial charge on any atom is -0.393 e. The molecule has 0 saturated carbocycles. The second-order valence-electron chi connectivity index (χ2n) is 4.74. The van der Waals surface area contributed by atoms with Gasteiger partial charge in [0, 0.05) is 12.7 Å². The van der Waals surface area contributed by atoms with E-state index in [2.05, 4.69) is 10.3 Å². The Morgan fingerprint density at radius 3 is 2.85 bits per heavy atom. The highest BCUT2D eigenvalue weighted by Gasteiger charge is 2.54. The number of likely N-dealkylation sites (N-methyl/N-ethyl adjacent to an activating group) is 1. The molecule has 9 heteroatoms. The van der Waals surface area contributed by atoms with Crippen LogP contribution in [0, 0.1) is 0 Å². The molecule has 4 atom stereocenters. The lowest BCUT2D eigenvalue weighted by Crippen LogP contribution is -2.52. The van der Waals surface area contributed by atoms with Gasteiger partial charge >= 0.3 is 5.69 Å². The highest BCUT2D eigenvalue weighted by atomic mass is 16.6. The van der Waals surface area contributed by atoms with Crippen LogP contribution in [0.2, 0.25) is 0 Å². The van der Waals surface area contributed by atoms with Gasteiger partial charge in [0.05, 0.1) is 6.61 Å². The molecule has 1 aliphatic rings. The number of rotatable bonds is 4. The van der Waals surface area contributed by atoms with Gasteiger partial charge in [0.25, 0.3) is 0 Å². The average Bonchev–Trinajstić information content (AvgIpc) is 2.65. The minimum atomic E-state index is -1.39. The molecule has 9 nitrogen and oxygen atoms in total. The van der Waals surface area contributed by atoms with Crippen molar-refractivity contribution >= 4 is 5.82 Å². The van der Waals surface area contributed by atoms with Crippen LogP contribution in [0.4, 0.5) is 5.82 Å². The first kappa shape index (κ1) is 14.9. The van der Waals surface area contributed by atoms with E-state index in [1.807, 2.05) is 0 Å². The van der Waals surface area contributed by atoms with E-state index in [-0.39, 0.29) is 12.4 Å². The number of hydrogen-bond donors (Lipinski definition) is 5. The Labute approximate surface area is 114 Å². The first-order valence-corrected chi connectivity index (χ1v) is 6.09. The van der Waals surface area contributed by atoms with Crippen molar-refractivity contribution in [3.8, 4) is 0 Å². The van der Waals surface area contributed by atoms with E-state index in [4.69, 9.17) is 10.5 Å². The number of aliphatic hydroxyl groups is 3. The summed E-state index contributed by atoms with van der Waals surface area (Å²) in [6.45, 7) is -0.408. The molecule has 112 valence electrons. The van der Waals surface area contributed by atoms with Crippen LogP contribution in [-0.2, 0) is 4.74 Å². The van der Waals surface area contributed by atoms with Crippen molar-refractivity contribution < 1.29 is 20.1 Å². The van der Waals surface area contributed by atoms with Crippen molar-refractivity contribution in [2.75, 3.05) is 25.9 Å². The molecule has 1 aromatic rings. The predicted octanol–water partition coefficient (Wildman–Crippen LogP) is -2.97. The van der Waals surface area contributed by atoms with Crippen LogP contribution in [0.15, 0.2) is 17.1 Å². The zero-order chi connectivity index (χ0) is 14.9. The SMILES string of the molecule is CNCC1(CO)OC(n2ccc(N)nc2=O)C(O)C1O. The molecule has 20 heavy (non-hydrogen) atoms. The molecule has 6 N–H and O–H groups in total. The first-order chi connectivity index (χ1) is 9.45. The van der Waals surface area contributed by atoms with E-state index in [9.17, 15) is 20.1 Å². The molecule has 0 amide bonds. The molecule has 0 spiro atoms. The van der Waals surface area contributed by atoms with Crippen molar-refractivity contribution in [3.05, 3.63) is 22.7 Å². The Morgan fingerprint density at radius 1 is 1.60 bits per heavy atom. The Bertz CT molecular complexity index is 536. The Morgan fingerprint density at radius 2 is 2.30 bits per heavy atom. The van der Waals surface area contributed by atoms with Gasteiger partial charge in [-0.1, -0.05) is 0 Å². The molecule has 1 aromatic heterocycles. The summed E-state index contributed by atoms with van der Waals surface area (Å²) in [7, 11) is 1.62. The van der Waals surface area contributed by atoms with E-state index >= 15 is 0 Å². The number of nitrogens with two attached hydrogens (primary N) is 1. The van der Waals surface area contributed by atoms with Crippen molar-refractivity contribution in [2.45, 2.75) is 24.0 Å². The third-order valence-corrected chi connectivity index (χ3v) is 3.38. The summed E-state index contributed by atoms with van der Waals surface area (Å²) < 4.78 is 6.56. The topological polar surface area (TPSA) is 143 Å². The van der Waals surface area contributed by atoms with Crippen molar-refractivity contribution in [1.29, 1.82) is 0 Å². The van der Waals surface area contributed by atoms with Crippen molar-refractivity contribution in [1.82, 2.24) is 14.9 Å². The van der Waals surface area contributed by atoms with E-state index in [1.165, 1.54) is 12.3 Å². The molecule has 1 aliphatic heterocycles. The van der Waals surface area contributed by atoms with Gasteiger partial charge in [-0.25, -0.2) is 4.79 Å². The summed E-state index contributed by atoms with van der Waals surface area (Å²) in [4.78, 5) is 15.3. The number of anilines is 1. The van der Waals surface area contributed by atoms with E-state index < -0.39 is 36.3 Å². The molecule has 2 rings (SSSR count). The number of hydrogen-bond acceptors (Lipinski definition) is 8. The summed E-state index contributed by atoms with van der Waals surface area (Å²) in [5, 5.41) is 32.4. The summed E-state index contributed by atoms with van der Waals surface area (Å²) in [6.07, 6.45) is -2.56. The van der Waals surface area contributed by atoms with Crippen LogP contribution in [0.25, 0.3) is 0 Å². The van der Waals surface area contributed by atoms with Crippen LogP contribution in [0.1, 0.15) is 6.23 Å². The summed E-state index contributed by atoms with van der Waals surface area (Å²) in [5.41, 5.74) is 3.29. The van der Waals surface area contributed by atoms with Gasteiger partial charge in [0.1, 0.15) is 23.6 Å². The lowest BCUT2D eigenvalue weighted by atomic mass is 9.96. The number of nitrogen functional groups attached to an aromatic ring is 1. The fraction of sp³-hybridized carbons (Fsp3) is 0.636. The lowest BCUT2D eigenvalue weighted by molar-refractivity contribution is -0.126. The molecule has 4 unspecified atom stereocenters. The number of ether oxygens (including phenoxy) is 1. The lowest BCUT2D eigenvalue weighted by Gasteiger charge is -2.29. The molecule has 0 aliphatic carbocycles. The zero-order valence-electron chi connectivity index (χ0n) is 10.9. The van der Waals surface area contributed by atoms with Crippen LogP contribution in [0.3, 0.4) is 0 Å². The molecule has 1 saturated heterocycles.